The molecule has 82 valence electrons. The number of nitrogens with one attached hydrogen (secondary N) is 1. The molecule has 0 bridgehead atoms. The lowest BCUT2D eigenvalue weighted by Crippen LogP contribution is -2.34. The van der Waals surface area contributed by atoms with E-state index in [0.29, 0.717) is 12.3 Å². The maximum absolute atomic E-state index is 11.5. The summed E-state index contributed by atoms with van der Waals surface area (Å²) < 4.78 is 0. The second-order valence-corrected chi connectivity index (χ2v) is 4.09. The zero-order valence-electron chi connectivity index (χ0n) is 9.09. The van der Waals surface area contributed by atoms with Crippen LogP contribution >= 0.6 is 11.6 Å². The minimum atomic E-state index is 0.0204. The molecular weight excluding hydrogens is 210 g/mol. The Bertz CT molecular complexity index is 321. The predicted octanol–water partition coefficient (Wildman–Crippen LogP) is 2.28. The van der Waals surface area contributed by atoms with Gasteiger partial charge in [0.1, 0.15) is 0 Å². The van der Waals surface area contributed by atoms with Gasteiger partial charge in [-0.2, -0.15) is 0 Å². The first-order valence-corrected chi connectivity index (χ1v) is 5.56. The van der Waals surface area contributed by atoms with Crippen LogP contribution in [0.15, 0.2) is 24.3 Å². The highest BCUT2D eigenvalue weighted by Crippen LogP contribution is 2.03. The summed E-state index contributed by atoms with van der Waals surface area (Å²) >= 11 is 5.61. The van der Waals surface area contributed by atoms with Gasteiger partial charge in [0.05, 0.1) is 6.42 Å². The molecule has 15 heavy (non-hydrogen) atoms. The number of halogens is 1. The largest absolute Gasteiger partial charge is 0.352 e. The molecule has 1 aromatic carbocycles. The van der Waals surface area contributed by atoms with E-state index in [1.165, 1.54) is 5.56 Å². The summed E-state index contributed by atoms with van der Waals surface area (Å²) in [6, 6.07) is 7.99. The lowest BCUT2D eigenvalue weighted by Gasteiger charge is -2.10. The number of amides is 1. The molecule has 0 saturated heterocycles. The van der Waals surface area contributed by atoms with Crippen LogP contribution in [0, 0.1) is 6.92 Å². The van der Waals surface area contributed by atoms with E-state index in [1.54, 1.807) is 0 Å². The van der Waals surface area contributed by atoms with E-state index in [4.69, 9.17) is 11.6 Å². The van der Waals surface area contributed by atoms with Crippen molar-refractivity contribution in [1.29, 1.82) is 0 Å². The third-order valence-electron chi connectivity index (χ3n) is 2.12. The highest BCUT2D eigenvalue weighted by atomic mass is 35.5. The summed E-state index contributed by atoms with van der Waals surface area (Å²) in [4.78, 5) is 11.5. The highest BCUT2D eigenvalue weighted by molar-refractivity contribution is 6.18. The number of carbonyl (C=O) groups is 1. The first kappa shape index (κ1) is 12.1. The van der Waals surface area contributed by atoms with Gasteiger partial charge in [0.25, 0.3) is 0 Å². The monoisotopic (exact) mass is 225 g/mol. The third-order valence-corrected chi connectivity index (χ3v) is 2.59. The summed E-state index contributed by atoms with van der Waals surface area (Å²) in [7, 11) is 0. The number of hydrogen-bond donors (Lipinski definition) is 1. The van der Waals surface area contributed by atoms with Crippen LogP contribution in [0.1, 0.15) is 18.1 Å². The van der Waals surface area contributed by atoms with Crippen molar-refractivity contribution >= 4 is 17.5 Å². The number of benzene rings is 1. The molecule has 1 rings (SSSR count). The Hall–Kier alpha value is -1.02. The third kappa shape index (κ3) is 4.34. The van der Waals surface area contributed by atoms with Gasteiger partial charge in [-0.05, 0) is 19.4 Å². The quantitative estimate of drug-likeness (QED) is 0.783. The number of rotatable bonds is 4. The van der Waals surface area contributed by atoms with Gasteiger partial charge in [-0.15, -0.1) is 11.6 Å². The molecule has 1 N–H and O–H groups in total. The second kappa shape index (κ2) is 5.76. The Kier molecular flexibility index (Phi) is 4.63. The number of carbonyl (C=O) groups excluding carboxylic acids is 1. The fourth-order valence-corrected chi connectivity index (χ4v) is 1.33. The molecular formula is C12H16ClNO. The SMILES string of the molecule is Cc1ccc(CC(=O)NC(C)CCl)cc1. The Labute approximate surface area is 95.6 Å². The molecule has 0 aliphatic rings. The van der Waals surface area contributed by atoms with Gasteiger partial charge in [0, 0.05) is 11.9 Å². The molecule has 0 heterocycles. The van der Waals surface area contributed by atoms with Gasteiger partial charge in [-0.25, -0.2) is 0 Å². The summed E-state index contributed by atoms with van der Waals surface area (Å²) in [5, 5.41) is 2.82. The minimum Gasteiger partial charge on any atom is -0.352 e. The lowest BCUT2D eigenvalue weighted by molar-refractivity contribution is -0.120. The van der Waals surface area contributed by atoms with E-state index in [2.05, 4.69) is 5.32 Å². The van der Waals surface area contributed by atoms with Gasteiger partial charge in [0.15, 0.2) is 0 Å². The van der Waals surface area contributed by atoms with Gasteiger partial charge in [-0.1, -0.05) is 29.8 Å². The molecule has 1 amide bonds. The Balaban J connectivity index is 2.48. The molecule has 2 nitrogen and oxygen atoms in total. The summed E-state index contributed by atoms with van der Waals surface area (Å²) in [6.07, 6.45) is 0.418. The molecule has 3 heteroatoms. The van der Waals surface area contributed by atoms with Crippen molar-refractivity contribution in [1.82, 2.24) is 5.32 Å². The summed E-state index contributed by atoms with van der Waals surface area (Å²) in [6.45, 7) is 3.92. The smallest absolute Gasteiger partial charge is 0.224 e. The Morgan fingerprint density at radius 3 is 2.53 bits per heavy atom. The molecule has 0 radical (unpaired) electrons. The molecule has 1 unspecified atom stereocenters. The molecule has 1 atom stereocenters. The van der Waals surface area contributed by atoms with Gasteiger partial charge in [-0.3, -0.25) is 4.79 Å². The average molecular weight is 226 g/mol. The van der Waals surface area contributed by atoms with Crippen LogP contribution in [0.25, 0.3) is 0 Å². The van der Waals surface area contributed by atoms with Gasteiger partial charge in [0.2, 0.25) is 5.91 Å². The van der Waals surface area contributed by atoms with Crippen molar-refractivity contribution < 1.29 is 4.79 Å². The first-order chi connectivity index (χ1) is 7.11. The maximum Gasteiger partial charge on any atom is 0.224 e. The summed E-state index contributed by atoms with van der Waals surface area (Å²) in [5.41, 5.74) is 2.23. The van der Waals surface area contributed by atoms with Crippen molar-refractivity contribution in [2.45, 2.75) is 26.3 Å². The van der Waals surface area contributed by atoms with Crippen molar-refractivity contribution in [2.75, 3.05) is 5.88 Å². The number of alkyl halides is 1. The van der Waals surface area contributed by atoms with Crippen LogP contribution in [-0.4, -0.2) is 17.8 Å². The van der Waals surface area contributed by atoms with E-state index in [9.17, 15) is 4.79 Å². The van der Waals surface area contributed by atoms with Crippen molar-refractivity contribution in [3.05, 3.63) is 35.4 Å². The van der Waals surface area contributed by atoms with Crippen LogP contribution in [0.3, 0.4) is 0 Å². The molecule has 0 spiro atoms. The van der Waals surface area contributed by atoms with E-state index in [0.717, 1.165) is 5.56 Å². The van der Waals surface area contributed by atoms with E-state index < -0.39 is 0 Å². The average Bonchev–Trinajstić information content (AvgIpc) is 2.21. The lowest BCUT2D eigenvalue weighted by atomic mass is 10.1. The number of hydrogen-bond acceptors (Lipinski definition) is 1. The van der Waals surface area contributed by atoms with Gasteiger partial charge >= 0.3 is 0 Å². The molecule has 1 aromatic rings. The predicted molar refractivity (Wildman–Crippen MR) is 63.2 cm³/mol. The second-order valence-electron chi connectivity index (χ2n) is 3.79. The molecule has 0 saturated carbocycles. The van der Waals surface area contributed by atoms with Crippen molar-refractivity contribution in [3.8, 4) is 0 Å². The van der Waals surface area contributed by atoms with Crippen LogP contribution in [0.4, 0.5) is 0 Å². The zero-order chi connectivity index (χ0) is 11.3. The fourth-order valence-electron chi connectivity index (χ4n) is 1.26. The highest BCUT2D eigenvalue weighted by Gasteiger charge is 2.06. The Morgan fingerprint density at radius 1 is 1.40 bits per heavy atom. The minimum absolute atomic E-state index is 0.0204. The van der Waals surface area contributed by atoms with E-state index in [-0.39, 0.29) is 11.9 Å². The Morgan fingerprint density at radius 2 is 2.00 bits per heavy atom. The van der Waals surface area contributed by atoms with E-state index >= 15 is 0 Å². The standard InChI is InChI=1S/C12H16ClNO/c1-9-3-5-11(6-4-9)7-12(15)14-10(2)8-13/h3-6,10H,7-8H2,1-2H3,(H,14,15). The molecule has 0 aromatic heterocycles. The fraction of sp³-hybridized carbons (Fsp3) is 0.417. The summed E-state index contributed by atoms with van der Waals surface area (Å²) in [5.74, 6) is 0.464. The van der Waals surface area contributed by atoms with Crippen LogP contribution in [-0.2, 0) is 11.2 Å². The molecule has 0 aliphatic carbocycles. The van der Waals surface area contributed by atoms with Crippen LogP contribution in [0.2, 0.25) is 0 Å². The zero-order valence-corrected chi connectivity index (χ0v) is 9.84. The maximum atomic E-state index is 11.5. The van der Waals surface area contributed by atoms with Crippen LogP contribution < -0.4 is 5.32 Å². The molecule has 0 aliphatic heterocycles. The normalized spacial score (nSPS) is 12.2. The number of aryl methyl sites for hydroxylation is 1. The molecule has 0 fully saturated rings. The van der Waals surface area contributed by atoms with Crippen LogP contribution in [0.5, 0.6) is 0 Å². The van der Waals surface area contributed by atoms with Gasteiger partial charge < -0.3 is 5.32 Å². The van der Waals surface area contributed by atoms with Crippen molar-refractivity contribution in [3.63, 3.8) is 0 Å². The topological polar surface area (TPSA) is 29.1 Å². The first-order valence-electron chi connectivity index (χ1n) is 5.02. The van der Waals surface area contributed by atoms with Crippen molar-refractivity contribution in [2.24, 2.45) is 0 Å². The van der Waals surface area contributed by atoms with E-state index in [1.807, 2.05) is 38.1 Å².